The number of aromatic nitrogens is 7. The zero-order valence-corrected chi connectivity index (χ0v) is 21.2. The molecule has 1 aromatic carbocycles. The van der Waals surface area contributed by atoms with E-state index in [1.165, 1.54) is 11.8 Å². The number of aryl methyl sites for hydroxylation is 1. The van der Waals surface area contributed by atoms with Gasteiger partial charge in [0.15, 0.2) is 10.8 Å². The van der Waals surface area contributed by atoms with Gasteiger partial charge in [-0.2, -0.15) is 10.2 Å². The number of thioether (sulfide) groups is 1. The molecule has 0 spiro atoms. The van der Waals surface area contributed by atoms with Gasteiger partial charge >= 0.3 is 0 Å². The smallest absolute Gasteiger partial charge is 0.187 e. The number of benzene rings is 1. The van der Waals surface area contributed by atoms with E-state index in [1.807, 2.05) is 59.1 Å². The quantitative estimate of drug-likeness (QED) is 0.225. The molecule has 5 rings (SSSR count). The van der Waals surface area contributed by atoms with Crippen LogP contribution in [0.2, 0.25) is 0 Å². The third-order valence-electron chi connectivity index (χ3n) is 5.89. The number of ether oxygens (including phenoxy) is 1. The molecule has 4 aromatic heterocycles. The van der Waals surface area contributed by atoms with Crippen molar-refractivity contribution in [2.75, 3.05) is 13.4 Å². The van der Waals surface area contributed by atoms with Crippen molar-refractivity contribution in [3.05, 3.63) is 66.2 Å². The summed E-state index contributed by atoms with van der Waals surface area (Å²) in [5.41, 5.74) is 6.49. The molecular formula is C26H27N7OS. The topological polar surface area (TPSA) is 83.5 Å². The summed E-state index contributed by atoms with van der Waals surface area (Å²) < 4.78 is 9.18. The zero-order chi connectivity index (χ0) is 24.5. The molecule has 0 bridgehead atoms. The van der Waals surface area contributed by atoms with Gasteiger partial charge in [-0.25, -0.2) is 19.6 Å². The fraction of sp³-hybridized carbons (Fsp3) is 0.269. The van der Waals surface area contributed by atoms with E-state index < -0.39 is 0 Å². The predicted octanol–water partition coefficient (Wildman–Crippen LogP) is 5.42. The fourth-order valence-corrected chi connectivity index (χ4v) is 4.36. The lowest BCUT2D eigenvalue weighted by Crippen LogP contribution is -2.03. The zero-order valence-electron chi connectivity index (χ0n) is 20.4. The van der Waals surface area contributed by atoms with Crippen molar-refractivity contribution in [2.24, 2.45) is 0 Å². The first-order valence-corrected chi connectivity index (χ1v) is 12.6. The van der Waals surface area contributed by atoms with Crippen LogP contribution in [0.15, 0.2) is 60.1 Å². The molecule has 0 saturated heterocycles. The highest BCUT2D eigenvalue weighted by atomic mass is 32.2. The molecule has 5 aromatic rings. The van der Waals surface area contributed by atoms with Gasteiger partial charge in [-0.05, 0) is 56.9 Å². The van der Waals surface area contributed by atoms with E-state index in [-0.39, 0.29) is 6.04 Å². The van der Waals surface area contributed by atoms with Crippen molar-refractivity contribution in [3.63, 3.8) is 0 Å². The third-order valence-corrected chi connectivity index (χ3v) is 6.45. The minimum atomic E-state index is 0.218. The average Bonchev–Trinajstić information content (AvgIpc) is 3.46. The van der Waals surface area contributed by atoms with Crippen LogP contribution in [0.5, 0.6) is 5.75 Å². The Morgan fingerprint density at radius 2 is 1.86 bits per heavy atom. The van der Waals surface area contributed by atoms with Gasteiger partial charge < -0.3 is 4.74 Å². The standard InChI is InChI=1S/C26H27N7OS/c1-16(2)32-15-22(23-10-11-27-26(29-23)35-5)24(31-32)19-12-21-17(3)30-33(25(21)28-13-19)14-18-6-8-20(34-4)9-7-18/h6-13,15-16H,14H2,1-5H3. The Labute approximate surface area is 208 Å². The van der Waals surface area contributed by atoms with E-state index >= 15 is 0 Å². The number of fused-ring (bicyclic) bond motifs is 1. The van der Waals surface area contributed by atoms with Gasteiger partial charge in [0.1, 0.15) is 11.4 Å². The van der Waals surface area contributed by atoms with E-state index in [0.29, 0.717) is 6.54 Å². The van der Waals surface area contributed by atoms with Crippen LogP contribution < -0.4 is 4.74 Å². The van der Waals surface area contributed by atoms with E-state index in [2.05, 4.69) is 31.1 Å². The number of methoxy groups -OCH3 is 1. The largest absolute Gasteiger partial charge is 0.497 e. The third kappa shape index (κ3) is 4.51. The van der Waals surface area contributed by atoms with Crippen molar-refractivity contribution >= 4 is 22.8 Å². The molecule has 178 valence electrons. The lowest BCUT2D eigenvalue weighted by molar-refractivity contribution is 0.414. The SMILES string of the molecule is COc1ccc(Cn2nc(C)c3cc(-c4nn(C(C)C)cc4-c4ccnc(SC)n4)cnc32)cc1. The molecule has 0 radical (unpaired) electrons. The second-order valence-electron chi connectivity index (χ2n) is 8.58. The molecule has 0 N–H and O–H groups in total. The summed E-state index contributed by atoms with van der Waals surface area (Å²) in [6.45, 7) is 6.87. The summed E-state index contributed by atoms with van der Waals surface area (Å²) in [5.74, 6) is 0.836. The average molecular weight is 486 g/mol. The summed E-state index contributed by atoms with van der Waals surface area (Å²) in [6, 6.07) is 12.3. The molecule has 4 heterocycles. The van der Waals surface area contributed by atoms with Crippen LogP contribution in [-0.2, 0) is 6.54 Å². The Bertz CT molecular complexity index is 1490. The van der Waals surface area contributed by atoms with E-state index in [4.69, 9.17) is 24.9 Å². The molecule has 0 saturated carbocycles. The van der Waals surface area contributed by atoms with Crippen LogP contribution in [-0.4, -0.2) is 47.9 Å². The predicted molar refractivity (Wildman–Crippen MR) is 139 cm³/mol. The number of hydrogen-bond acceptors (Lipinski definition) is 7. The van der Waals surface area contributed by atoms with Gasteiger partial charge in [0.05, 0.1) is 25.0 Å². The molecular weight excluding hydrogens is 458 g/mol. The van der Waals surface area contributed by atoms with Crippen molar-refractivity contribution in [3.8, 4) is 28.3 Å². The van der Waals surface area contributed by atoms with Crippen molar-refractivity contribution < 1.29 is 4.74 Å². The highest BCUT2D eigenvalue weighted by Gasteiger charge is 2.19. The molecule has 0 aliphatic carbocycles. The van der Waals surface area contributed by atoms with E-state index in [9.17, 15) is 0 Å². The maximum Gasteiger partial charge on any atom is 0.187 e. The van der Waals surface area contributed by atoms with Crippen LogP contribution in [0.1, 0.15) is 31.1 Å². The minimum absolute atomic E-state index is 0.218. The number of hydrogen-bond donors (Lipinski definition) is 0. The fourth-order valence-electron chi connectivity index (χ4n) is 4.00. The lowest BCUT2D eigenvalue weighted by Gasteiger charge is -2.06. The number of rotatable bonds is 7. The van der Waals surface area contributed by atoms with Crippen molar-refractivity contribution in [1.82, 2.24) is 34.5 Å². The highest BCUT2D eigenvalue weighted by Crippen LogP contribution is 2.33. The Morgan fingerprint density at radius 1 is 1.06 bits per heavy atom. The molecule has 0 amide bonds. The van der Waals surface area contributed by atoms with Gasteiger partial charge in [-0.3, -0.25) is 4.68 Å². The van der Waals surface area contributed by atoms with Gasteiger partial charge in [0, 0.05) is 41.1 Å². The highest BCUT2D eigenvalue weighted by molar-refractivity contribution is 7.98. The molecule has 9 heteroatoms. The van der Waals surface area contributed by atoms with Crippen molar-refractivity contribution in [2.45, 2.75) is 38.5 Å². The first-order valence-electron chi connectivity index (χ1n) is 11.4. The molecule has 0 aliphatic heterocycles. The summed E-state index contributed by atoms with van der Waals surface area (Å²) in [5, 5.41) is 11.4. The summed E-state index contributed by atoms with van der Waals surface area (Å²) in [4.78, 5) is 13.9. The van der Waals surface area contributed by atoms with Gasteiger partial charge in [0.25, 0.3) is 0 Å². The van der Waals surface area contributed by atoms with Crippen LogP contribution in [0, 0.1) is 6.92 Å². The van der Waals surface area contributed by atoms with E-state index in [1.54, 1.807) is 13.3 Å². The first-order chi connectivity index (χ1) is 17.0. The number of nitrogens with zero attached hydrogens (tertiary/aromatic N) is 7. The maximum absolute atomic E-state index is 5.27. The molecule has 0 unspecified atom stereocenters. The second kappa shape index (κ2) is 9.50. The Kier molecular flexibility index (Phi) is 6.25. The van der Waals surface area contributed by atoms with Crippen LogP contribution >= 0.6 is 11.8 Å². The Balaban J connectivity index is 1.57. The molecule has 8 nitrogen and oxygen atoms in total. The van der Waals surface area contributed by atoms with Crippen LogP contribution in [0.3, 0.4) is 0 Å². The molecule has 0 atom stereocenters. The Morgan fingerprint density at radius 3 is 2.57 bits per heavy atom. The van der Waals surface area contributed by atoms with Crippen molar-refractivity contribution in [1.29, 1.82) is 0 Å². The lowest BCUT2D eigenvalue weighted by atomic mass is 10.1. The summed E-state index contributed by atoms with van der Waals surface area (Å²) >= 11 is 1.52. The van der Waals surface area contributed by atoms with Crippen LogP contribution in [0.4, 0.5) is 0 Å². The first kappa shape index (κ1) is 23.0. The van der Waals surface area contributed by atoms with Gasteiger partial charge in [-0.1, -0.05) is 23.9 Å². The van der Waals surface area contributed by atoms with Crippen LogP contribution in [0.25, 0.3) is 33.5 Å². The van der Waals surface area contributed by atoms with E-state index in [0.717, 1.165) is 55.7 Å². The normalized spacial score (nSPS) is 11.5. The maximum atomic E-state index is 5.27. The van der Waals surface area contributed by atoms with Gasteiger partial charge in [-0.15, -0.1) is 0 Å². The number of pyridine rings is 1. The molecule has 0 fully saturated rings. The minimum Gasteiger partial charge on any atom is -0.497 e. The second-order valence-corrected chi connectivity index (χ2v) is 9.35. The summed E-state index contributed by atoms with van der Waals surface area (Å²) in [6.07, 6.45) is 7.69. The monoisotopic (exact) mass is 485 g/mol. The Hall–Kier alpha value is -3.72. The summed E-state index contributed by atoms with van der Waals surface area (Å²) in [7, 11) is 1.67. The molecule has 0 aliphatic rings. The molecule has 35 heavy (non-hydrogen) atoms. The van der Waals surface area contributed by atoms with Gasteiger partial charge in [0.2, 0.25) is 0 Å².